The maximum atomic E-state index is 13.4. The smallest absolute Gasteiger partial charge is 0.407 e. The molecule has 0 aromatic heterocycles. The van der Waals surface area contributed by atoms with Crippen molar-refractivity contribution in [2.75, 3.05) is 20.2 Å². The van der Waals surface area contributed by atoms with E-state index in [1.165, 1.54) is 0 Å². The van der Waals surface area contributed by atoms with Crippen molar-refractivity contribution < 1.29 is 23.9 Å². The first-order chi connectivity index (χ1) is 19.6. The van der Waals surface area contributed by atoms with E-state index in [4.69, 9.17) is 9.47 Å². The van der Waals surface area contributed by atoms with Gasteiger partial charge in [0.15, 0.2) is 5.54 Å². The van der Waals surface area contributed by atoms with Crippen molar-refractivity contribution >= 4 is 18.0 Å². The minimum Gasteiger partial charge on any atom is -0.458 e. The van der Waals surface area contributed by atoms with Crippen LogP contribution in [0.3, 0.4) is 0 Å². The molecule has 4 rings (SSSR count). The number of hydrogen-bond donors (Lipinski definition) is 3. The predicted molar refractivity (Wildman–Crippen MR) is 158 cm³/mol. The molecular weight excluding hydrogens is 518 g/mol. The number of nitrogens with one attached hydrogen (secondary N) is 3. The number of likely N-dealkylation sites (N-methyl/N-ethyl adjacent to an activating group) is 1. The Morgan fingerprint density at radius 1 is 0.805 bits per heavy atom. The highest BCUT2D eigenvalue weighted by Crippen LogP contribution is 2.44. The van der Waals surface area contributed by atoms with Gasteiger partial charge in [-0.3, -0.25) is 10.1 Å². The number of ether oxygens (including phenoxy) is 2. The molecule has 216 valence electrons. The molecule has 0 fully saturated rings. The van der Waals surface area contributed by atoms with E-state index >= 15 is 0 Å². The number of esters is 1. The average Bonchev–Trinajstić information content (AvgIpc) is 3.28. The molecule has 8 heteroatoms. The molecule has 1 aliphatic rings. The molecule has 3 aromatic carbocycles. The molecule has 41 heavy (non-hydrogen) atoms. The van der Waals surface area contributed by atoms with Crippen molar-refractivity contribution in [2.24, 2.45) is 0 Å². The van der Waals surface area contributed by atoms with Gasteiger partial charge < -0.3 is 20.1 Å². The monoisotopic (exact) mass is 557 g/mol. The van der Waals surface area contributed by atoms with Gasteiger partial charge in [-0.1, -0.05) is 78.9 Å². The summed E-state index contributed by atoms with van der Waals surface area (Å²) in [5.41, 5.74) is 3.11. The van der Waals surface area contributed by atoms with Crippen LogP contribution in [0.2, 0.25) is 0 Å². The average molecular weight is 558 g/mol. The molecule has 3 aromatic rings. The molecule has 0 saturated carbocycles. The largest absolute Gasteiger partial charge is 0.458 e. The van der Waals surface area contributed by atoms with Gasteiger partial charge in [-0.15, -0.1) is 0 Å². The van der Waals surface area contributed by atoms with Gasteiger partial charge in [0, 0.05) is 19.0 Å². The molecule has 0 heterocycles. The lowest BCUT2D eigenvalue weighted by Crippen LogP contribution is -2.62. The maximum absolute atomic E-state index is 13.4. The number of fused-ring (bicyclic) bond motifs is 3. The molecule has 3 N–H and O–H groups in total. The van der Waals surface area contributed by atoms with Crippen LogP contribution >= 0.6 is 0 Å². The molecule has 0 radical (unpaired) electrons. The summed E-state index contributed by atoms with van der Waals surface area (Å²) in [5, 5.41) is 8.54. The second-order valence-corrected chi connectivity index (χ2v) is 11.2. The first-order valence-electron chi connectivity index (χ1n) is 14.0. The normalized spacial score (nSPS) is 13.9. The summed E-state index contributed by atoms with van der Waals surface area (Å²) in [6, 6.07) is 25.8. The van der Waals surface area contributed by atoms with Gasteiger partial charge in [-0.25, -0.2) is 9.59 Å². The van der Waals surface area contributed by atoms with Gasteiger partial charge in [0.05, 0.1) is 0 Å². The van der Waals surface area contributed by atoms with Crippen LogP contribution in [0.5, 0.6) is 0 Å². The van der Waals surface area contributed by atoms with E-state index in [9.17, 15) is 14.4 Å². The fraction of sp³-hybridized carbons (Fsp3) is 0.364. The van der Waals surface area contributed by atoms with E-state index in [1.54, 1.807) is 27.8 Å². The fourth-order valence-corrected chi connectivity index (χ4v) is 5.14. The summed E-state index contributed by atoms with van der Waals surface area (Å²) >= 11 is 0. The predicted octanol–water partition coefficient (Wildman–Crippen LogP) is 4.92. The molecule has 0 spiro atoms. The number of alkyl carbamates (subject to hydrolysis) is 1. The van der Waals surface area contributed by atoms with Crippen molar-refractivity contribution in [1.29, 1.82) is 0 Å². The van der Waals surface area contributed by atoms with E-state index in [2.05, 4.69) is 40.2 Å². The first kappa shape index (κ1) is 29.8. The van der Waals surface area contributed by atoms with E-state index in [0.717, 1.165) is 27.8 Å². The van der Waals surface area contributed by atoms with Gasteiger partial charge >= 0.3 is 12.1 Å². The summed E-state index contributed by atoms with van der Waals surface area (Å²) < 4.78 is 11.2. The summed E-state index contributed by atoms with van der Waals surface area (Å²) in [5.74, 6) is -1.19. The Morgan fingerprint density at radius 3 is 1.98 bits per heavy atom. The Morgan fingerprint density at radius 2 is 1.39 bits per heavy atom. The zero-order chi connectivity index (χ0) is 29.5. The van der Waals surface area contributed by atoms with Gasteiger partial charge in [0.2, 0.25) is 0 Å². The third-order valence-electron chi connectivity index (χ3n) is 7.20. The van der Waals surface area contributed by atoms with Crippen LogP contribution in [-0.2, 0) is 25.6 Å². The standard InChI is InChI=1S/C33H39N3O5/c1-32(2,3)41-30(38)33(34-4,29(37)36-21-23-13-6-5-7-14-23)19-12-20-35-31(39)40-22-28-26-17-10-8-15-24(26)25-16-9-11-18-27(25)28/h5-11,13-18,28,34H,12,19-22H2,1-4H3,(H,35,39)(H,36,37)/t33-/m0/s1. The van der Waals surface area contributed by atoms with Crippen molar-refractivity contribution in [2.45, 2.75) is 57.2 Å². The molecule has 8 nitrogen and oxygen atoms in total. The van der Waals surface area contributed by atoms with Crippen LogP contribution in [0.15, 0.2) is 78.9 Å². The Labute approximate surface area is 241 Å². The second-order valence-electron chi connectivity index (χ2n) is 11.2. The van der Waals surface area contributed by atoms with Crippen LogP contribution in [-0.4, -0.2) is 49.3 Å². The maximum Gasteiger partial charge on any atom is 0.407 e. The van der Waals surface area contributed by atoms with E-state index in [1.807, 2.05) is 54.6 Å². The number of carbonyl (C=O) groups is 3. The van der Waals surface area contributed by atoms with E-state index in [-0.39, 0.29) is 32.0 Å². The zero-order valence-electron chi connectivity index (χ0n) is 24.2. The van der Waals surface area contributed by atoms with Crippen LogP contribution in [0.4, 0.5) is 4.79 Å². The highest BCUT2D eigenvalue weighted by Gasteiger charge is 2.47. The minimum absolute atomic E-state index is 0.0365. The topological polar surface area (TPSA) is 106 Å². The van der Waals surface area contributed by atoms with E-state index < -0.39 is 29.1 Å². The van der Waals surface area contributed by atoms with Gasteiger partial charge in [-0.2, -0.15) is 0 Å². The SMILES string of the molecule is CN[C@@](CCCNC(=O)OCC1c2ccccc2-c2ccccc21)(C(=O)NCc1ccccc1)C(=O)OC(C)(C)C. The first-order valence-corrected chi connectivity index (χ1v) is 14.0. The Bertz CT molecular complexity index is 1320. The molecular formula is C33H39N3O5. The summed E-state index contributed by atoms with van der Waals surface area (Å²) in [6.45, 7) is 5.96. The van der Waals surface area contributed by atoms with E-state index in [0.29, 0.717) is 6.42 Å². The van der Waals surface area contributed by atoms with Crippen LogP contribution in [0.25, 0.3) is 11.1 Å². The summed E-state index contributed by atoms with van der Waals surface area (Å²) in [4.78, 5) is 39.3. The third-order valence-corrected chi connectivity index (χ3v) is 7.20. The minimum atomic E-state index is -1.62. The molecule has 0 unspecified atom stereocenters. The highest BCUT2D eigenvalue weighted by atomic mass is 16.6. The van der Waals surface area contributed by atoms with Crippen LogP contribution in [0, 0.1) is 0 Å². The molecule has 1 atom stereocenters. The number of amides is 2. The Hall–Kier alpha value is -4.17. The number of carbonyl (C=O) groups excluding carboxylic acids is 3. The number of benzene rings is 3. The van der Waals surface area contributed by atoms with Crippen molar-refractivity contribution in [3.8, 4) is 11.1 Å². The fourth-order valence-electron chi connectivity index (χ4n) is 5.14. The zero-order valence-corrected chi connectivity index (χ0v) is 24.2. The van der Waals surface area contributed by atoms with Gasteiger partial charge in [0.1, 0.15) is 12.2 Å². The number of rotatable bonds is 11. The Balaban J connectivity index is 1.34. The second kappa shape index (κ2) is 13.0. The van der Waals surface area contributed by atoms with Gasteiger partial charge in [-0.05, 0) is 68.5 Å². The van der Waals surface area contributed by atoms with Crippen LogP contribution in [0.1, 0.15) is 56.2 Å². The molecule has 2 amide bonds. The highest BCUT2D eigenvalue weighted by molar-refractivity contribution is 6.07. The van der Waals surface area contributed by atoms with Crippen molar-refractivity contribution in [3.05, 3.63) is 95.6 Å². The molecule has 0 aliphatic heterocycles. The lowest BCUT2D eigenvalue weighted by atomic mass is 9.91. The molecule has 1 aliphatic carbocycles. The van der Waals surface area contributed by atoms with Crippen molar-refractivity contribution in [1.82, 2.24) is 16.0 Å². The lowest BCUT2D eigenvalue weighted by molar-refractivity contribution is -0.166. The van der Waals surface area contributed by atoms with Gasteiger partial charge in [0.25, 0.3) is 5.91 Å². The summed E-state index contributed by atoms with van der Waals surface area (Å²) in [7, 11) is 1.56. The molecule has 0 saturated heterocycles. The Kier molecular flexibility index (Phi) is 9.45. The van der Waals surface area contributed by atoms with Crippen molar-refractivity contribution in [3.63, 3.8) is 0 Å². The number of hydrogen-bond acceptors (Lipinski definition) is 6. The summed E-state index contributed by atoms with van der Waals surface area (Å²) in [6.07, 6.45) is -0.0983. The lowest BCUT2D eigenvalue weighted by Gasteiger charge is -2.33. The molecule has 0 bridgehead atoms. The quantitative estimate of drug-likeness (QED) is 0.176. The van der Waals surface area contributed by atoms with Crippen LogP contribution < -0.4 is 16.0 Å². The third kappa shape index (κ3) is 7.13.